The van der Waals surface area contributed by atoms with Gasteiger partial charge >= 0.3 is 21.1 Å². The van der Waals surface area contributed by atoms with Crippen molar-refractivity contribution < 1.29 is 42.1 Å². The molecule has 1 aliphatic rings. The van der Waals surface area contributed by atoms with Gasteiger partial charge in [-0.1, -0.05) is 198 Å². The molecule has 1 aliphatic carbocycles. The Bertz CT molecular complexity index is 1090. The Hall–Kier alpha value is -3.04. The van der Waals surface area contributed by atoms with E-state index in [0.29, 0.717) is 0 Å². The van der Waals surface area contributed by atoms with Gasteiger partial charge in [-0.25, -0.2) is 0 Å². The van der Waals surface area contributed by atoms with Crippen molar-refractivity contribution in [3.63, 3.8) is 0 Å². The third kappa shape index (κ3) is 41.3. The molecule has 0 bridgehead atoms. The summed E-state index contributed by atoms with van der Waals surface area (Å²) in [5, 5.41) is 0. The number of rotatable bonds is 4. The molecule has 278 valence electrons. The molecule has 0 radical (unpaired) electrons. The zero-order valence-electron chi connectivity index (χ0n) is 34.1. The number of hydrogen-bond donors (Lipinski definition) is 0. The molecule has 5 aromatic rings. The predicted molar refractivity (Wildman–Crippen MR) is 226 cm³/mol. The minimum atomic E-state index is 0. The summed E-state index contributed by atoms with van der Waals surface area (Å²) in [6.45, 7) is 24.0. The fourth-order valence-electron chi connectivity index (χ4n) is 3.50. The molecular weight excluding hydrogens is 956 g/mol. The van der Waals surface area contributed by atoms with Crippen molar-refractivity contribution in [3.8, 4) is 0 Å². The van der Waals surface area contributed by atoms with Crippen molar-refractivity contribution in [2.45, 2.75) is 102 Å². The molecule has 51 heavy (non-hydrogen) atoms. The van der Waals surface area contributed by atoms with E-state index < -0.39 is 0 Å². The van der Waals surface area contributed by atoms with Crippen LogP contribution in [-0.2, 0) is 55.0 Å². The molecule has 0 aliphatic heterocycles. The quantitative estimate of drug-likeness (QED) is 0.157. The summed E-state index contributed by atoms with van der Waals surface area (Å²) in [6.07, 6.45) is 11.5. The summed E-state index contributed by atoms with van der Waals surface area (Å²) in [4.78, 5) is 0. The fourth-order valence-corrected chi connectivity index (χ4v) is 3.50. The van der Waals surface area contributed by atoms with Gasteiger partial charge in [0.05, 0.1) is 0 Å². The van der Waals surface area contributed by atoms with E-state index in [1.54, 1.807) is 0 Å². The molecule has 0 nitrogen and oxygen atoms in total. The molecule has 0 saturated heterocycles. The van der Waals surface area contributed by atoms with Crippen LogP contribution in [0, 0.1) is 12.1 Å². The minimum absolute atomic E-state index is 0. The van der Waals surface area contributed by atoms with E-state index in [0.717, 1.165) is 19.3 Å². The maximum atomic E-state index is 3.05. The van der Waals surface area contributed by atoms with Crippen LogP contribution in [0.2, 0.25) is 0 Å². The molecule has 0 amide bonds. The summed E-state index contributed by atoms with van der Waals surface area (Å²) in [5.74, 6) is 0. The van der Waals surface area contributed by atoms with Gasteiger partial charge in [0.1, 0.15) is 0 Å². The van der Waals surface area contributed by atoms with Crippen LogP contribution in [0.3, 0.4) is 0 Å². The zero-order chi connectivity index (χ0) is 37.6. The van der Waals surface area contributed by atoms with Gasteiger partial charge in [-0.15, -0.1) is 0 Å². The van der Waals surface area contributed by atoms with Crippen molar-refractivity contribution in [2.24, 2.45) is 0 Å². The molecular formula is C49H70W2. The van der Waals surface area contributed by atoms with Crippen LogP contribution < -0.4 is 0 Å². The van der Waals surface area contributed by atoms with Crippen LogP contribution in [0.5, 0.6) is 0 Å². The summed E-state index contributed by atoms with van der Waals surface area (Å²) in [6, 6.07) is 55.3. The van der Waals surface area contributed by atoms with Crippen LogP contribution in [-0.4, -0.2) is 0 Å². The molecule has 5 aromatic carbocycles. The Morgan fingerprint density at radius 2 is 0.627 bits per heavy atom. The van der Waals surface area contributed by atoms with Crippen LogP contribution in [0.4, 0.5) is 0 Å². The molecule has 6 rings (SSSR count). The van der Waals surface area contributed by atoms with Crippen molar-refractivity contribution in [3.05, 3.63) is 204 Å². The van der Waals surface area contributed by atoms with Gasteiger partial charge in [0.2, 0.25) is 0 Å². The van der Waals surface area contributed by atoms with Crippen molar-refractivity contribution in [1.82, 2.24) is 0 Å². The Morgan fingerprint density at radius 1 is 0.353 bits per heavy atom. The average molecular weight is 1030 g/mol. The normalized spacial score (nSPS) is 8.39. The summed E-state index contributed by atoms with van der Waals surface area (Å²) >= 11 is 0. The average Bonchev–Trinajstić information content (AvgIpc) is 3.84. The van der Waals surface area contributed by atoms with E-state index in [9.17, 15) is 0 Å². The number of benzene rings is 5. The van der Waals surface area contributed by atoms with E-state index in [1.165, 1.54) is 22.3 Å². The van der Waals surface area contributed by atoms with E-state index in [4.69, 9.17) is 0 Å². The van der Waals surface area contributed by atoms with Gasteiger partial charge in [-0.3, -0.25) is 0 Å². The Labute approximate surface area is 346 Å². The molecule has 0 spiro atoms. The fraction of sp³-hybridized carbons (Fsp3) is 0.306. The largest absolute Gasteiger partial charge is 2.00 e. The van der Waals surface area contributed by atoms with E-state index in [1.807, 2.05) is 162 Å². The van der Waals surface area contributed by atoms with Crippen LogP contribution in [0.1, 0.15) is 112 Å². The second-order valence-corrected chi connectivity index (χ2v) is 8.39. The first-order valence-corrected chi connectivity index (χ1v) is 18.7. The van der Waals surface area contributed by atoms with E-state index in [2.05, 4.69) is 103 Å². The first kappa shape index (κ1) is 60.1. The van der Waals surface area contributed by atoms with Gasteiger partial charge in [-0.05, 0) is 36.0 Å². The van der Waals surface area contributed by atoms with E-state index >= 15 is 0 Å². The molecule has 0 saturated carbocycles. The van der Waals surface area contributed by atoms with Crippen LogP contribution in [0.15, 0.2) is 170 Å². The first-order chi connectivity index (χ1) is 24.4. The Balaban J connectivity index is -0.000000136. The molecule has 2 heteroatoms. The van der Waals surface area contributed by atoms with Gasteiger partial charge in [0.15, 0.2) is 0 Å². The molecule has 0 unspecified atom stereocenters. The SMILES string of the molecule is C1=CCC=C1.CC.CC.CC.CC.CC.CC.[W+2].[W].[c-]1ccc(Cc2ccc(Cc3ccccc3)cc2)cc1.[c-]1ccccc1.c1ccccc1. The maximum absolute atomic E-state index is 3.05. The monoisotopic (exact) mass is 1030 g/mol. The summed E-state index contributed by atoms with van der Waals surface area (Å²) in [5.41, 5.74) is 5.41. The van der Waals surface area contributed by atoms with E-state index in [-0.39, 0.29) is 42.1 Å². The molecule has 0 atom stereocenters. The third-order valence-corrected chi connectivity index (χ3v) is 5.40. The number of hydrogen-bond acceptors (Lipinski definition) is 0. The smallest absolute Gasteiger partial charge is 0.184 e. The second kappa shape index (κ2) is 56.3. The maximum Gasteiger partial charge on any atom is 2.00 e. The van der Waals surface area contributed by atoms with Gasteiger partial charge in [-0.2, -0.15) is 72.3 Å². The van der Waals surface area contributed by atoms with Gasteiger partial charge in [0.25, 0.3) is 0 Å². The zero-order valence-corrected chi connectivity index (χ0v) is 40.0. The minimum Gasteiger partial charge on any atom is -0.184 e. The Kier molecular flexibility index (Phi) is 66.4. The molecule has 0 fully saturated rings. The van der Waals surface area contributed by atoms with Gasteiger partial charge < -0.3 is 0 Å². The summed E-state index contributed by atoms with van der Waals surface area (Å²) in [7, 11) is 0. The van der Waals surface area contributed by atoms with Crippen molar-refractivity contribution in [2.75, 3.05) is 0 Å². The van der Waals surface area contributed by atoms with Crippen molar-refractivity contribution in [1.29, 1.82) is 0 Å². The topological polar surface area (TPSA) is 0 Å². The van der Waals surface area contributed by atoms with Crippen LogP contribution in [0.25, 0.3) is 0 Å². The van der Waals surface area contributed by atoms with Crippen molar-refractivity contribution >= 4 is 0 Å². The summed E-state index contributed by atoms with van der Waals surface area (Å²) < 4.78 is 0. The Morgan fingerprint density at radius 3 is 0.902 bits per heavy atom. The molecule has 0 aromatic heterocycles. The second-order valence-electron chi connectivity index (χ2n) is 8.39. The van der Waals surface area contributed by atoms with Crippen LogP contribution >= 0.6 is 0 Å². The van der Waals surface area contributed by atoms with Gasteiger partial charge in [0, 0.05) is 21.1 Å². The molecule has 0 N–H and O–H groups in total. The predicted octanol–water partition coefficient (Wildman–Crippen LogP) is 15.5. The first-order valence-electron chi connectivity index (χ1n) is 18.7. The standard InChI is InChI=1S/C20H17.C6H6.C6H5.C5H6.6C2H6.2W/c1-3-7-17(8-4-1)15-19-11-13-20(14-12-19)16-18-9-5-2-6-10-18;2*1-2-4-6-5-3-1;1-2-4-5-3-1;6*1-2;;/h1,3-14H,15-16H2;1-6H;1-5H;1-4H,5H2;6*1-2H3;;/q-1;;-1;;;;;;;;;+2. The molecule has 0 heterocycles. The number of allylic oxidation sites excluding steroid dienone is 4. The third-order valence-electron chi connectivity index (χ3n) is 5.40.